The number of carbonyl (C=O) groups is 1. The Morgan fingerprint density at radius 2 is 1.78 bits per heavy atom. The van der Waals surface area contributed by atoms with Crippen LogP contribution in [0.5, 0.6) is 0 Å². The Hall–Kier alpha value is -2.01. The zero-order chi connectivity index (χ0) is 16.6. The van der Waals surface area contributed by atoms with Crippen molar-refractivity contribution >= 4 is 17.5 Å². The van der Waals surface area contributed by atoms with Crippen LogP contribution < -0.4 is 0 Å². The molecular weight excluding hydrogens is 327 g/mol. The van der Waals surface area contributed by atoms with Gasteiger partial charge in [0.25, 0.3) is 5.91 Å². The second-order valence-electron chi connectivity index (χ2n) is 5.42. The van der Waals surface area contributed by atoms with E-state index in [4.69, 9.17) is 11.6 Å². The lowest BCUT2D eigenvalue weighted by molar-refractivity contribution is 0.0733. The Morgan fingerprint density at radius 3 is 2.52 bits per heavy atom. The molecule has 23 heavy (non-hydrogen) atoms. The number of hydrogen-bond donors (Lipinski definition) is 0. The van der Waals surface area contributed by atoms with E-state index in [9.17, 15) is 18.0 Å². The van der Waals surface area contributed by atoms with Gasteiger partial charge >= 0.3 is 0 Å². The third-order valence-corrected chi connectivity index (χ3v) is 4.33. The highest BCUT2D eigenvalue weighted by atomic mass is 35.5. The molecule has 1 aliphatic rings. The van der Waals surface area contributed by atoms with Crippen molar-refractivity contribution in [1.29, 1.82) is 0 Å². The van der Waals surface area contributed by atoms with E-state index in [-0.39, 0.29) is 10.6 Å². The number of amides is 1. The molecule has 0 saturated carbocycles. The van der Waals surface area contributed by atoms with Gasteiger partial charge in [-0.15, -0.1) is 0 Å². The molecule has 6 heteroatoms. The van der Waals surface area contributed by atoms with Crippen molar-refractivity contribution in [1.82, 2.24) is 4.90 Å². The zero-order valence-corrected chi connectivity index (χ0v) is 12.8. The van der Waals surface area contributed by atoms with Crippen LogP contribution in [0.2, 0.25) is 5.02 Å². The fourth-order valence-electron chi connectivity index (χ4n) is 2.92. The molecular formula is C17H13ClF3NO. The number of benzene rings is 2. The second kappa shape index (κ2) is 6.24. The minimum Gasteiger partial charge on any atom is -0.331 e. The average molecular weight is 340 g/mol. The van der Waals surface area contributed by atoms with Gasteiger partial charge in [-0.3, -0.25) is 4.79 Å². The van der Waals surface area contributed by atoms with Crippen LogP contribution in [-0.4, -0.2) is 17.4 Å². The summed E-state index contributed by atoms with van der Waals surface area (Å²) in [7, 11) is 0. The Bertz CT molecular complexity index is 765. The van der Waals surface area contributed by atoms with E-state index >= 15 is 0 Å². The predicted molar refractivity (Wildman–Crippen MR) is 80.8 cm³/mol. The Kier molecular flexibility index (Phi) is 4.31. The molecule has 0 aromatic heterocycles. The highest BCUT2D eigenvalue weighted by Crippen LogP contribution is 2.35. The average Bonchev–Trinajstić information content (AvgIpc) is 3.00. The maximum atomic E-state index is 14.0. The van der Waals surface area contributed by atoms with Crippen LogP contribution in [0.1, 0.15) is 34.8 Å². The van der Waals surface area contributed by atoms with E-state index in [1.807, 2.05) is 0 Å². The molecule has 1 saturated heterocycles. The first-order valence-electron chi connectivity index (χ1n) is 7.19. The lowest BCUT2D eigenvalue weighted by atomic mass is 10.0. The molecule has 2 aromatic rings. The molecule has 1 heterocycles. The van der Waals surface area contributed by atoms with Crippen molar-refractivity contribution in [3.8, 4) is 0 Å². The van der Waals surface area contributed by atoms with Gasteiger partial charge in [0.2, 0.25) is 0 Å². The van der Waals surface area contributed by atoms with E-state index in [1.165, 1.54) is 11.0 Å². The molecule has 0 unspecified atom stereocenters. The fourth-order valence-corrected chi connectivity index (χ4v) is 3.15. The molecule has 2 aromatic carbocycles. The van der Waals surface area contributed by atoms with Crippen LogP contribution in [-0.2, 0) is 0 Å². The van der Waals surface area contributed by atoms with Gasteiger partial charge in [-0.05, 0) is 31.0 Å². The molecule has 0 spiro atoms. The van der Waals surface area contributed by atoms with Crippen molar-refractivity contribution in [2.75, 3.05) is 6.54 Å². The number of carbonyl (C=O) groups excluding carboxylic acids is 1. The van der Waals surface area contributed by atoms with Gasteiger partial charge in [0.05, 0.1) is 16.6 Å². The third kappa shape index (κ3) is 2.93. The summed E-state index contributed by atoms with van der Waals surface area (Å²) in [6.45, 7) is 0.410. The van der Waals surface area contributed by atoms with Crippen LogP contribution in [0, 0.1) is 17.5 Å². The van der Waals surface area contributed by atoms with Crippen LogP contribution >= 0.6 is 11.6 Å². The minimum atomic E-state index is -1.14. The first-order valence-corrected chi connectivity index (χ1v) is 7.57. The second-order valence-corrected chi connectivity index (χ2v) is 5.83. The van der Waals surface area contributed by atoms with Crippen LogP contribution in [0.15, 0.2) is 36.4 Å². The summed E-state index contributed by atoms with van der Waals surface area (Å²) in [5, 5.41) is -0.159. The smallest absolute Gasteiger partial charge is 0.255 e. The van der Waals surface area contributed by atoms with Gasteiger partial charge in [-0.1, -0.05) is 29.8 Å². The normalized spacial score (nSPS) is 17.6. The molecule has 0 radical (unpaired) electrons. The van der Waals surface area contributed by atoms with Crippen molar-refractivity contribution in [2.24, 2.45) is 0 Å². The summed E-state index contributed by atoms with van der Waals surface area (Å²) in [4.78, 5) is 14.1. The Labute approximate surface area is 136 Å². The quantitative estimate of drug-likeness (QED) is 0.724. The van der Waals surface area contributed by atoms with Gasteiger partial charge in [-0.2, -0.15) is 0 Å². The Balaban J connectivity index is 1.96. The van der Waals surface area contributed by atoms with Crippen LogP contribution in [0.4, 0.5) is 13.2 Å². The van der Waals surface area contributed by atoms with E-state index in [0.29, 0.717) is 24.9 Å². The van der Waals surface area contributed by atoms with Gasteiger partial charge in [0.15, 0.2) is 11.6 Å². The molecule has 3 rings (SSSR count). The van der Waals surface area contributed by atoms with E-state index in [0.717, 1.165) is 12.1 Å². The van der Waals surface area contributed by atoms with Gasteiger partial charge in [0.1, 0.15) is 5.82 Å². The van der Waals surface area contributed by atoms with Crippen molar-refractivity contribution in [3.05, 3.63) is 70.0 Å². The predicted octanol–water partition coefficient (Wildman–Crippen LogP) is 4.73. The number of rotatable bonds is 2. The fraction of sp³-hybridized carbons (Fsp3) is 0.235. The summed E-state index contributed by atoms with van der Waals surface area (Å²) in [5.41, 5.74) is 0.297. The molecule has 1 amide bonds. The van der Waals surface area contributed by atoms with E-state index in [2.05, 4.69) is 0 Å². The standard InChI is InChI=1S/C17H13ClF3NO/c18-12-9-15(21)14(20)8-11(12)17(23)22-7-3-6-16(22)10-4-1-2-5-13(10)19/h1-2,4-5,8-9,16H,3,6-7H2/t16-/m1/s1. The van der Waals surface area contributed by atoms with Crippen molar-refractivity contribution in [3.63, 3.8) is 0 Å². The highest BCUT2D eigenvalue weighted by molar-refractivity contribution is 6.33. The number of likely N-dealkylation sites (tertiary alicyclic amines) is 1. The topological polar surface area (TPSA) is 20.3 Å². The van der Waals surface area contributed by atoms with E-state index < -0.39 is 29.4 Å². The maximum absolute atomic E-state index is 14.0. The third-order valence-electron chi connectivity index (χ3n) is 4.02. The SMILES string of the molecule is O=C(c1cc(F)c(F)cc1Cl)N1CCC[C@@H]1c1ccccc1F. The lowest BCUT2D eigenvalue weighted by Crippen LogP contribution is -2.31. The first-order chi connectivity index (χ1) is 11.0. The monoisotopic (exact) mass is 339 g/mol. The van der Waals surface area contributed by atoms with Gasteiger partial charge < -0.3 is 4.90 Å². The summed E-state index contributed by atoms with van der Waals surface area (Å²) in [6, 6.07) is 7.36. The lowest BCUT2D eigenvalue weighted by Gasteiger charge is -2.26. The largest absolute Gasteiger partial charge is 0.331 e. The molecule has 1 aliphatic heterocycles. The van der Waals surface area contributed by atoms with Gasteiger partial charge in [-0.25, -0.2) is 13.2 Å². The number of hydrogen-bond acceptors (Lipinski definition) is 1. The van der Waals surface area contributed by atoms with E-state index in [1.54, 1.807) is 18.2 Å². The zero-order valence-electron chi connectivity index (χ0n) is 12.0. The molecule has 0 bridgehead atoms. The summed E-state index contributed by atoms with van der Waals surface area (Å²) in [6.07, 6.45) is 1.31. The summed E-state index contributed by atoms with van der Waals surface area (Å²) < 4.78 is 40.6. The summed E-state index contributed by atoms with van der Waals surface area (Å²) in [5.74, 6) is -3.17. The van der Waals surface area contributed by atoms with Crippen LogP contribution in [0.3, 0.4) is 0 Å². The minimum absolute atomic E-state index is 0.117. The van der Waals surface area contributed by atoms with Crippen molar-refractivity contribution in [2.45, 2.75) is 18.9 Å². The Morgan fingerprint density at radius 1 is 1.09 bits per heavy atom. The number of nitrogens with zero attached hydrogens (tertiary/aromatic N) is 1. The van der Waals surface area contributed by atoms with Crippen molar-refractivity contribution < 1.29 is 18.0 Å². The maximum Gasteiger partial charge on any atom is 0.255 e. The van der Waals surface area contributed by atoms with Crippen LogP contribution in [0.25, 0.3) is 0 Å². The summed E-state index contributed by atoms with van der Waals surface area (Å²) >= 11 is 5.87. The number of halogens is 4. The molecule has 2 nitrogen and oxygen atoms in total. The molecule has 1 fully saturated rings. The highest BCUT2D eigenvalue weighted by Gasteiger charge is 2.33. The first kappa shape index (κ1) is 15.9. The molecule has 0 aliphatic carbocycles. The molecule has 0 N–H and O–H groups in total. The molecule has 1 atom stereocenters. The van der Waals surface area contributed by atoms with Gasteiger partial charge in [0, 0.05) is 12.1 Å². The molecule has 120 valence electrons.